The molecule has 0 aliphatic rings. The highest BCUT2D eigenvalue weighted by molar-refractivity contribution is 5.86. The summed E-state index contributed by atoms with van der Waals surface area (Å²) >= 11 is 0. The van der Waals surface area contributed by atoms with E-state index in [0.29, 0.717) is 17.5 Å². The zero-order valence-electron chi connectivity index (χ0n) is 27.6. The van der Waals surface area contributed by atoms with Crippen LogP contribution in [0.5, 0.6) is 0 Å². The molecule has 0 unspecified atom stereocenters. The minimum absolute atomic E-state index is 0.581. The molecule has 0 spiro atoms. The monoisotopic (exact) mass is 653 g/mol. The molecule has 0 amide bonds. The smallest absolute Gasteiger partial charge is 0.166 e. The van der Waals surface area contributed by atoms with E-state index >= 15 is 0 Å². The van der Waals surface area contributed by atoms with Crippen LogP contribution < -0.4 is 0 Å². The zero-order valence-corrected chi connectivity index (χ0v) is 27.6. The van der Waals surface area contributed by atoms with Gasteiger partial charge in [0.1, 0.15) is 5.82 Å². The molecule has 9 aromatic rings. The fourth-order valence-electron chi connectivity index (χ4n) is 6.60. The Morgan fingerprint density at radius 3 is 1.37 bits per heavy atom. The van der Waals surface area contributed by atoms with Crippen LogP contribution in [0.15, 0.2) is 188 Å². The van der Waals surface area contributed by atoms with Crippen LogP contribution in [0.2, 0.25) is 0 Å². The maximum Gasteiger partial charge on any atom is 0.166 e. The van der Waals surface area contributed by atoms with Crippen LogP contribution in [0.1, 0.15) is 0 Å². The summed E-state index contributed by atoms with van der Waals surface area (Å²) in [5, 5.41) is 0. The van der Waals surface area contributed by atoms with Crippen molar-refractivity contribution in [1.82, 2.24) is 24.5 Å². The lowest BCUT2D eigenvalue weighted by molar-refractivity contribution is 1.05. The van der Waals surface area contributed by atoms with Gasteiger partial charge in [0, 0.05) is 22.3 Å². The lowest BCUT2D eigenvalue weighted by Gasteiger charge is -2.15. The maximum absolute atomic E-state index is 5.21. The average molecular weight is 654 g/mol. The third-order valence-corrected chi connectivity index (χ3v) is 9.07. The standard InChI is InChI=1S/C46H31N5/c1-4-16-32(17-5-1)35-22-14-24-37(30-35)43-48-44(38-25-15-23-36(31-38)33-18-6-2-7-19-33)50-45(49-43)39-26-10-12-28-41(39)51-42-29-13-11-27-40(42)47-46(51)34-20-8-3-9-21-34/h1-31H. The normalized spacial score (nSPS) is 11.1. The number of para-hydroxylation sites is 3. The van der Waals surface area contributed by atoms with E-state index in [0.717, 1.165) is 67.1 Å². The van der Waals surface area contributed by atoms with Crippen LogP contribution in [0.3, 0.4) is 0 Å². The van der Waals surface area contributed by atoms with Crippen molar-refractivity contribution in [3.8, 4) is 73.5 Å². The van der Waals surface area contributed by atoms with Gasteiger partial charge in [-0.25, -0.2) is 19.9 Å². The number of nitrogens with zero attached hydrogens (tertiary/aromatic N) is 5. The van der Waals surface area contributed by atoms with Gasteiger partial charge in [-0.05, 0) is 58.7 Å². The van der Waals surface area contributed by atoms with Crippen LogP contribution >= 0.6 is 0 Å². The van der Waals surface area contributed by atoms with E-state index in [1.807, 2.05) is 42.5 Å². The van der Waals surface area contributed by atoms with E-state index in [1.165, 1.54) is 0 Å². The fraction of sp³-hybridized carbons (Fsp3) is 0. The van der Waals surface area contributed by atoms with Gasteiger partial charge < -0.3 is 0 Å². The van der Waals surface area contributed by atoms with Gasteiger partial charge in [-0.2, -0.15) is 0 Å². The minimum atomic E-state index is 0.581. The summed E-state index contributed by atoms with van der Waals surface area (Å²) in [4.78, 5) is 20.7. The molecule has 0 atom stereocenters. The molecule has 51 heavy (non-hydrogen) atoms. The first-order valence-corrected chi connectivity index (χ1v) is 17.0. The van der Waals surface area contributed by atoms with Crippen LogP contribution in [-0.4, -0.2) is 24.5 Å². The Balaban J connectivity index is 1.27. The van der Waals surface area contributed by atoms with Crippen molar-refractivity contribution in [1.29, 1.82) is 0 Å². The van der Waals surface area contributed by atoms with Gasteiger partial charge in [0.2, 0.25) is 0 Å². The van der Waals surface area contributed by atoms with E-state index in [1.54, 1.807) is 0 Å². The molecule has 240 valence electrons. The summed E-state index contributed by atoms with van der Waals surface area (Å²) < 4.78 is 2.22. The Morgan fingerprint density at radius 2 is 0.765 bits per heavy atom. The molecule has 0 bridgehead atoms. The highest BCUT2D eigenvalue weighted by Crippen LogP contribution is 2.35. The quantitative estimate of drug-likeness (QED) is 0.172. The number of hydrogen-bond donors (Lipinski definition) is 0. The van der Waals surface area contributed by atoms with Gasteiger partial charge >= 0.3 is 0 Å². The fourth-order valence-corrected chi connectivity index (χ4v) is 6.60. The van der Waals surface area contributed by atoms with Crippen molar-refractivity contribution in [2.75, 3.05) is 0 Å². The first-order valence-electron chi connectivity index (χ1n) is 17.0. The molecule has 5 heteroatoms. The number of benzene rings is 7. The van der Waals surface area contributed by atoms with Crippen LogP contribution in [0, 0.1) is 0 Å². The molecule has 0 aliphatic heterocycles. The number of aromatic nitrogens is 5. The Morgan fingerprint density at radius 1 is 0.314 bits per heavy atom. The lowest BCUT2D eigenvalue weighted by atomic mass is 10.0. The summed E-state index contributed by atoms with van der Waals surface area (Å²) in [5.74, 6) is 2.64. The van der Waals surface area contributed by atoms with Gasteiger partial charge in [-0.15, -0.1) is 0 Å². The Labute approximate surface area is 296 Å². The number of fused-ring (bicyclic) bond motifs is 1. The molecule has 5 nitrogen and oxygen atoms in total. The lowest BCUT2D eigenvalue weighted by Crippen LogP contribution is -2.04. The molecular weight excluding hydrogens is 623 g/mol. The molecule has 0 radical (unpaired) electrons. The highest BCUT2D eigenvalue weighted by Gasteiger charge is 2.20. The summed E-state index contributed by atoms with van der Waals surface area (Å²) in [6.45, 7) is 0. The van der Waals surface area contributed by atoms with Crippen molar-refractivity contribution in [2.45, 2.75) is 0 Å². The maximum atomic E-state index is 5.21. The first kappa shape index (κ1) is 30.1. The van der Waals surface area contributed by atoms with E-state index < -0.39 is 0 Å². The SMILES string of the molecule is c1ccc(-c2cccc(-c3nc(-c4cccc(-c5ccccc5)c4)nc(-c4ccccc4-n4c(-c5ccccc5)nc5ccccc54)n3)c2)cc1. The van der Waals surface area contributed by atoms with Crippen molar-refractivity contribution < 1.29 is 0 Å². The summed E-state index contributed by atoms with van der Waals surface area (Å²) in [6, 6.07) is 64.4. The van der Waals surface area contributed by atoms with E-state index in [-0.39, 0.29) is 0 Å². The van der Waals surface area contributed by atoms with Crippen molar-refractivity contribution in [3.63, 3.8) is 0 Å². The molecule has 2 heterocycles. The average Bonchev–Trinajstić information content (AvgIpc) is 3.61. The molecule has 7 aromatic carbocycles. The second kappa shape index (κ2) is 13.1. The zero-order chi connectivity index (χ0) is 34.0. The Bertz CT molecular complexity index is 2530. The van der Waals surface area contributed by atoms with Gasteiger partial charge in [0.05, 0.1) is 16.7 Å². The summed E-state index contributed by atoms with van der Waals surface area (Å²) in [6.07, 6.45) is 0. The third-order valence-electron chi connectivity index (χ3n) is 9.07. The first-order chi connectivity index (χ1) is 25.3. The predicted molar refractivity (Wildman–Crippen MR) is 207 cm³/mol. The number of hydrogen-bond acceptors (Lipinski definition) is 4. The molecule has 9 rings (SSSR count). The largest absolute Gasteiger partial charge is 0.292 e. The van der Waals surface area contributed by atoms with Gasteiger partial charge in [-0.3, -0.25) is 4.57 Å². The highest BCUT2D eigenvalue weighted by atomic mass is 15.1. The van der Waals surface area contributed by atoms with Gasteiger partial charge in [0.25, 0.3) is 0 Å². The third kappa shape index (κ3) is 5.87. The molecule has 0 saturated heterocycles. The second-order valence-corrected chi connectivity index (χ2v) is 12.3. The van der Waals surface area contributed by atoms with E-state index in [9.17, 15) is 0 Å². The number of rotatable bonds is 7. The van der Waals surface area contributed by atoms with Gasteiger partial charge in [0.15, 0.2) is 17.5 Å². The molecule has 0 fully saturated rings. The van der Waals surface area contributed by atoms with Crippen molar-refractivity contribution >= 4 is 11.0 Å². The second-order valence-electron chi connectivity index (χ2n) is 12.3. The van der Waals surface area contributed by atoms with Crippen molar-refractivity contribution in [3.05, 3.63) is 188 Å². The molecular formula is C46H31N5. The Kier molecular flexibility index (Phi) is 7.76. The van der Waals surface area contributed by atoms with Gasteiger partial charge in [-0.1, -0.05) is 152 Å². The topological polar surface area (TPSA) is 56.5 Å². The van der Waals surface area contributed by atoms with Crippen LogP contribution in [0.4, 0.5) is 0 Å². The summed E-state index contributed by atoms with van der Waals surface area (Å²) in [7, 11) is 0. The summed E-state index contributed by atoms with van der Waals surface area (Å²) in [5.41, 5.74) is 11.0. The predicted octanol–water partition coefficient (Wildman–Crippen LogP) is 11.2. The Hall–Kier alpha value is -6.98. The van der Waals surface area contributed by atoms with E-state index in [2.05, 4.69) is 150 Å². The molecule has 0 saturated carbocycles. The van der Waals surface area contributed by atoms with Crippen LogP contribution in [-0.2, 0) is 0 Å². The molecule has 0 aliphatic carbocycles. The molecule has 0 N–H and O–H groups in total. The van der Waals surface area contributed by atoms with Crippen molar-refractivity contribution in [2.24, 2.45) is 0 Å². The minimum Gasteiger partial charge on any atom is -0.292 e. The number of imidazole rings is 1. The van der Waals surface area contributed by atoms with Crippen LogP contribution in [0.25, 0.3) is 84.5 Å². The molecule has 2 aromatic heterocycles. The van der Waals surface area contributed by atoms with E-state index in [4.69, 9.17) is 19.9 Å².